The second kappa shape index (κ2) is 9.71. The summed E-state index contributed by atoms with van der Waals surface area (Å²) >= 11 is 0. The summed E-state index contributed by atoms with van der Waals surface area (Å²) in [4.78, 5) is 25.5. The van der Waals surface area contributed by atoms with Crippen LogP contribution < -0.4 is 14.8 Å². The normalized spacial score (nSPS) is 10.3. The fraction of sp³-hybridized carbons (Fsp3) is 0.529. The Balaban J connectivity index is 2.58. The number of carbonyl (C=O) groups excluding carboxylic acids is 2. The number of carbonyl (C=O) groups is 2. The van der Waals surface area contributed by atoms with Crippen molar-refractivity contribution in [3.05, 3.63) is 24.3 Å². The van der Waals surface area contributed by atoms with Gasteiger partial charge in [0.15, 0.2) is 18.1 Å². The molecule has 0 spiro atoms. The van der Waals surface area contributed by atoms with Crippen molar-refractivity contribution in [2.24, 2.45) is 0 Å². The van der Waals surface area contributed by atoms with Gasteiger partial charge in [-0.1, -0.05) is 12.1 Å². The van der Waals surface area contributed by atoms with E-state index in [9.17, 15) is 9.59 Å². The molecule has 6 nitrogen and oxygen atoms in total. The van der Waals surface area contributed by atoms with E-state index in [1.165, 1.54) is 4.90 Å². The number of amides is 2. The third kappa shape index (κ3) is 6.59. The molecule has 6 heteroatoms. The van der Waals surface area contributed by atoms with E-state index >= 15 is 0 Å². The molecule has 1 aromatic rings. The zero-order valence-electron chi connectivity index (χ0n) is 14.3. The van der Waals surface area contributed by atoms with Gasteiger partial charge < -0.3 is 19.7 Å². The third-order valence-electron chi connectivity index (χ3n) is 3.02. The van der Waals surface area contributed by atoms with Gasteiger partial charge in [-0.3, -0.25) is 9.59 Å². The largest absolute Gasteiger partial charge is 0.490 e. The smallest absolute Gasteiger partial charge is 0.260 e. The summed E-state index contributed by atoms with van der Waals surface area (Å²) < 4.78 is 11.0. The number of hydrogen-bond donors (Lipinski definition) is 1. The lowest BCUT2D eigenvalue weighted by molar-refractivity contribution is -0.137. The molecular formula is C17H26N2O4. The van der Waals surface area contributed by atoms with Crippen LogP contribution in [0.5, 0.6) is 11.5 Å². The molecule has 2 amide bonds. The minimum atomic E-state index is -0.238. The van der Waals surface area contributed by atoms with Crippen molar-refractivity contribution >= 4 is 11.8 Å². The second-order valence-corrected chi connectivity index (χ2v) is 5.30. The highest BCUT2D eigenvalue weighted by atomic mass is 16.5. The molecule has 1 rings (SSSR count). The molecule has 0 atom stereocenters. The minimum absolute atomic E-state index is 0.0317. The summed E-state index contributed by atoms with van der Waals surface area (Å²) in [7, 11) is 0. The van der Waals surface area contributed by atoms with Crippen LogP contribution in [-0.2, 0) is 9.59 Å². The summed E-state index contributed by atoms with van der Waals surface area (Å²) in [6, 6.07) is 7.24. The molecule has 0 aliphatic heterocycles. The SMILES string of the molecule is CCOc1ccccc1OCC(=O)N(CC)CC(=O)NC(C)C. The van der Waals surface area contributed by atoms with Crippen LogP contribution in [0, 0.1) is 0 Å². The van der Waals surface area contributed by atoms with Crippen LogP contribution in [-0.4, -0.2) is 49.1 Å². The lowest BCUT2D eigenvalue weighted by atomic mass is 10.3. The molecule has 0 radical (unpaired) electrons. The Morgan fingerprint density at radius 3 is 2.26 bits per heavy atom. The Bertz CT molecular complexity index is 517. The number of para-hydroxylation sites is 2. The maximum Gasteiger partial charge on any atom is 0.260 e. The molecule has 0 bridgehead atoms. The van der Waals surface area contributed by atoms with Crippen LogP contribution in [0.15, 0.2) is 24.3 Å². The molecule has 0 unspecified atom stereocenters. The van der Waals surface area contributed by atoms with Gasteiger partial charge in [0, 0.05) is 12.6 Å². The van der Waals surface area contributed by atoms with Crippen LogP contribution in [0.3, 0.4) is 0 Å². The van der Waals surface area contributed by atoms with Crippen LogP contribution >= 0.6 is 0 Å². The molecular weight excluding hydrogens is 296 g/mol. The molecule has 0 fully saturated rings. The van der Waals surface area contributed by atoms with E-state index in [1.54, 1.807) is 12.1 Å². The second-order valence-electron chi connectivity index (χ2n) is 5.30. The van der Waals surface area contributed by atoms with Crippen LogP contribution in [0.25, 0.3) is 0 Å². The standard InChI is InChI=1S/C17H26N2O4/c1-5-19(11-16(20)18-13(3)4)17(21)12-23-15-10-8-7-9-14(15)22-6-2/h7-10,13H,5-6,11-12H2,1-4H3,(H,18,20). The Hall–Kier alpha value is -2.24. The number of ether oxygens (including phenoxy) is 2. The van der Waals surface area contributed by atoms with Crippen molar-refractivity contribution in [2.75, 3.05) is 26.3 Å². The maximum absolute atomic E-state index is 12.2. The summed E-state index contributed by atoms with van der Waals surface area (Å²) in [6.45, 7) is 8.33. The van der Waals surface area contributed by atoms with Crippen molar-refractivity contribution in [1.29, 1.82) is 0 Å². The van der Waals surface area contributed by atoms with Crippen molar-refractivity contribution in [1.82, 2.24) is 10.2 Å². The van der Waals surface area contributed by atoms with Crippen LogP contribution in [0.1, 0.15) is 27.7 Å². The molecule has 23 heavy (non-hydrogen) atoms. The molecule has 0 saturated carbocycles. The van der Waals surface area contributed by atoms with Gasteiger partial charge in [0.05, 0.1) is 13.2 Å². The van der Waals surface area contributed by atoms with Gasteiger partial charge in [-0.25, -0.2) is 0 Å². The van der Waals surface area contributed by atoms with Gasteiger partial charge >= 0.3 is 0 Å². The third-order valence-corrected chi connectivity index (χ3v) is 3.02. The first-order valence-corrected chi connectivity index (χ1v) is 7.89. The first kappa shape index (κ1) is 18.8. The van der Waals surface area contributed by atoms with Gasteiger partial charge in [-0.05, 0) is 39.8 Å². The van der Waals surface area contributed by atoms with Crippen LogP contribution in [0.4, 0.5) is 0 Å². The van der Waals surface area contributed by atoms with E-state index < -0.39 is 0 Å². The summed E-state index contributed by atoms with van der Waals surface area (Å²) in [5.41, 5.74) is 0. The van der Waals surface area contributed by atoms with E-state index in [0.29, 0.717) is 24.7 Å². The van der Waals surface area contributed by atoms with Gasteiger partial charge in [0.2, 0.25) is 5.91 Å². The molecule has 1 aromatic carbocycles. The maximum atomic E-state index is 12.2. The average Bonchev–Trinajstić information content (AvgIpc) is 2.51. The Labute approximate surface area is 137 Å². The Kier molecular flexibility index (Phi) is 7.94. The Morgan fingerprint density at radius 2 is 1.74 bits per heavy atom. The van der Waals surface area contributed by atoms with E-state index in [2.05, 4.69) is 5.32 Å². The number of nitrogens with zero attached hydrogens (tertiary/aromatic N) is 1. The summed E-state index contributed by atoms with van der Waals surface area (Å²) in [5.74, 6) is 0.705. The minimum Gasteiger partial charge on any atom is -0.490 e. The van der Waals surface area contributed by atoms with Crippen molar-refractivity contribution in [2.45, 2.75) is 33.7 Å². The molecule has 0 aliphatic rings. The quantitative estimate of drug-likeness (QED) is 0.753. The van der Waals surface area contributed by atoms with E-state index in [0.717, 1.165) is 0 Å². The molecule has 128 valence electrons. The average molecular weight is 322 g/mol. The summed E-state index contributed by atoms with van der Waals surface area (Å²) in [6.07, 6.45) is 0. The number of nitrogens with one attached hydrogen (secondary N) is 1. The number of benzene rings is 1. The van der Waals surface area contributed by atoms with E-state index in [1.807, 2.05) is 39.8 Å². The van der Waals surface area contributed by atoms with Gasteiger partial charge in [-0.15, -0.1) is 0 Å². The highest BCUT2D eigenvalue weighted by Crippen LogP contribution is 2.26. The molecule has 0 aliphatic carbocycles. The van der Waals surface area contributed by atoms with E-state index in [4.69, 9.17) is 9.47 Å². The van der Waals surface area contributed by atoms with Crippen molar-refractivity contribution in [3.63, 3.8) is 0 Å². The highest BCUT2D eigenvalue weighted by molar-refractivity contribution is 5.85. The van der Waals surface area contributed by atoms with E-state index in [-0.39, 0.29) is 31.0 Å². The predicted molar refractivity (Wildman–Crippen MR) is 88.6 cm³/mol. The molecule has 1 N–H and O–H groups in total. The lowest BCUT2D eigenvalue weighted by Gasteiger charge is -2.21. The molecule has 0 saturated heterocycles. The Morgan fingerprint density at radius 1 is 1.13 bits per heavy atom. The van der Waals surface area contributed by atoms with Gasteiger partial charge in [0.25, 0.3) is 5.91 Å². The fourth-order valence-corrected chi connectivity index (χ4v) is 1.99. The lowest BCUT2D eigenvalue weighted by Crippen LogP contribution is -2.44. The van der Waals surface area contributed by atoms with Crippen molar-refractivity contribution in [3.8, 4) is 11.5 Å². The molecule has 0 heterocycles. The zero-order chi connectivity index (χ0) is 17.2. The van der Waals surface area contributed by atoms with Crippen molar-refractivity contribution < 1.29 is 19.1 Å². The summed E-state index contributed by atoms with van der Waals surface area (Å²) in [5, 5.41) is 2.77. The predicted octanol–water partition coefficient (Wildman–Crippen LogP) is 1.84. The number of likely N-dealkylation sites (N-methyl/N-ethyl adjacent to an activating group) is 1. The number of rotatable bonds is 9. The van der Waals surface area contributed by atoms with Gasteiger partial charge in [0.1, 0.15) is 0 Å². The van der Waals surface area contributed by atoms with Gasteiger partial charge in [-0.2, -0.15) is 0 Å². The van der Waals surface area contributed by atoms with Crippen LogP contribution in [0.2, 0.25) is 0 Å². The fourth-order valence-electron chi connectivity index (χ4n) is 1.99. The molecule has 0 aromatic heterocycles. The monoisotopic (exact) mass is 322 g/mol. The first-order chi connectivity index (χ1) is 11.0. The number of hydrogen-bond acceptors (Lipinski definition) is 4. The first-order valence-electron chi connectivity index (χ1n) is 7.89. The highest BCUT2D eigenvalue weighted by Gasteiger charge is 2.17. The topological polar surface area (TPSA) is 67.9 Å². The zero-order valence-corrected chi connectivity index (χ0v) is 14.3.